The third kappa shape index (κ3) is 4.83. The van der Waals surface area contributed by atoms with Crippen LogP contribution in [-0.2, 0) is 10.2 Å². The van der Waals surface area contributed by atoms with Crippen molar-refractivity contribution >= 4 is 81.2 Å². The highest BCUT2D eigenvalue weighted by Crippen LogP contribution is 2.70. The molecule has 0 saturated heterocycles. The third-order valence-corrected chi connectivity index (χ3v) is 7.92. The second-order valence-corrected chi connectivity index (χ2v) is 10.8. The van der Waals surface area contributed by atoms with E-state index in [1.54, 1.807) is 25.1 Å². The summed E-state index contributed by atoms with van der Waals surface area (Å²) >= 11 is 31.4. The number of amides is 2. The minimum Gasteiger partial charge on any atom is -0.326 e. The molecule has 4 nitrogen and oxygen atoms in total. The first kappa shape index (κ1) is 26.0. The fourth-order valence-corrected chi connectivity index (χ4v) is 5.63. The smallest absolute Gasteiger partial charge is 0.257 e. The fourth-order valence-electron chi connectivity index (χ4n) is 3.94. The zero-order valence-corrected chi connectivity index (χ0v) is 21.5. The molecule has 11 heteroatoms. The van der Waals surface area contributed by atoms with Crippen LogP contribution in [0.25, 0.3) is 0 Å². The topological polar surface area (TPSA) is 58.2 Å². The van der Waals surface area contributed by atoms with E-state index < -0.39 is 39.1 Å². The maximum atomic E-state index is 13.9. The summed E-state index contributed by atoms with van der Waals surface area (Å²) in [7, 11) is 0. The maximum Gasteiger partial charge on any atom is 0.257 e. The summed E-state index contributed by atoms with van der Waals surface area (Å²) in [6.45, 7) is 1.72. The summed E-state index contributed by atoms with van der Waals surface area (Å²) in [5, 5.41) is 5.80. The van der Waals surface area contributed by atoms with Crippen molar-refractivity contribution in [3.05, 3.63) is 92.4 Å². The van der Waals surface area contributed by atoms with Crippen LogP contribution in [0.15, 0.2) is 54.6 Å². The predicted molar refractivity (Wildman–Crippen MR) is 136 cm³/mol. The highest BCUT2D eigenvalue weighted by atomic mass is 35.5. The Hall–Kier alpha value is -2.09. The first-order valence-corrected chi connectivity index (χ1v) is 11.9. The van der Waals surface area contributed by atoms with E-state index >= 15 is 0 Å². The van der Waals surface area contributed by atoms with Crippen molar-refractivity contribution in [3.8, 4) is 0 Å². The monoisotopic (exact) mass is 576 g/mol. The molecule has 0 aromatic heterocycles. The van der Waals surface area contributed by atoms with Crippen molar-refractivity contribution in [2.75, 3.05) is 10.6 Å². The second-order valence-electron chi connectivity index (χ2n) is 8.18. The highest BCUT2D eigenvalue weighted by molar-refractivity contribution is 6.54. The largest absolute Gasteiger partial charge is 0.326 e. The van der Waals surface area contributed by atoms with Gasteiger partial charge in [-0.3, -0.25) is 9.59 Å². The average molecular weight is 579 g/mol. The van der Waals surface area contributed by atoms with Gasteiger partial charge in [0.15, 0.2) is 0 Å². The molecule has 2 amide bonds. The third-order valence-electron chi connectivity index (χ3n) is 5.93. The molecule has 182 valence electrons. The Morgan fingerprint density at radius 2 is 1.54 bits per heavy atom. The predicted octanol–water partition coefficient (Wildman–Crippen LogP) is 7.88. The molecule has 0 bridgehead atoms. The first-order chi connectivity index (χ1) is 16.3. The number of nitrogens with one attached hydrogen (secondary N) is 2. The van der Waals surface area contributed by atoms with Gasteiger partial charge in [0.05, 0.1) is 22.2 Å². The lowest BCUT2D eigenvalue weighted by Gasteiger charge is -2.14. The Morgan fingerprint density at radius 1 is 0.886 bits per heavy atom. The van der Waals surface area contributed by atoms with Gasteiger partial charge in [-0.1, -0.05) is 64.9 Å². The van der Waals surface area contributed by atoms with Crippen LogP contribution in [0.5, 0.6) is 0 Å². The Labute approximate surface area is 224 Å². The van der Waals surface area contributed by atoms with E-state index in [0.29, 0.717) is 21.7 Å². The van der Waals surface area contributed by atoms with Crippen molar-refractivity contribution in [1.29, 1.82) is 0 Å². The molecule has 1 fully saturated rings. The van der Waals surface area contributed by atoms with E-state index in [1.165, 1.54) is 18.2 Å². The summed E-state index contributed by atoms with van der Waals surface area (Å²) in [6, 6.07) is 11.7. The Balaban J connectivity index is 1.55. The average Bonchev–Trinajstić information content (AvgIpc) is 3.23. The number of hydrogen-bond donors (Lipinski definition) is 2. The first-order valence-electron chi connectivity index (χ1n) is 10.1. The highest BCUT2D eigenvalue weighted by Gasteiger charge is 2.77. The number of alkyl halides is 2. The number of hydrogen-bond acceptors (Lipinski definition) is 2. The van der Waals surface area contributed by atoms with Gasteiger partial charge in [0.2, 0.25) is 5.91 Å². The van der Waals surface area contributed by atoms with E-state index in [1.807, 2.05) is 0 Å². The van der Waals surface area contributed by atoms with Crippen molar-refractivity contribution in [2.24, 2.45) is 5.92 Å². The Morgan fingerprint density at radius 3 is 2.17 bits per heavy atom. The summed E-state index contributed by atoms with van der Waals surface area (Å²) in [5.74, 6) is -3.87. The number of carbonyl (C=O) groups is 2. The van der Waals surface area contributed by atoms with Crippen molar-refractivity contribution in [3.63, 3.8) is 0 Å². The molecule has 0 spiro atoms. The number of halogens is 7. The maximum absolute atomic E-state index is 13.9. The molecule has 1 saturated carbocycles. The summed E-state index contributed by atoms with van der Waals surface area (Å²) in [5.41, 5.74) is -0.438. The van der Waals surface area contributed by atoms with Crippen LogP contribution >= 0.6 is 58.0 Å². The van der Waals surface area contributed by atoms with Gasteiger partial charge in [0.1, 0.15) is 16.0 Å². The Bertz CT molecular complexity index is 1350. The minimum atomic E-state index is -1.45. The molecule has 4 rings (SSSR count). The van der Waals surface area contributed by atoms with E-state index in [4.69, 9.17) is 58.0 Å². The van der Waals surface area contributed by atoms with Gasteiger partial charge in [-0.05, 0) is 54.1 Å². The summed E-state index contributed by atoms with van der Waals surface area (Å²) in [4.78, 5) is 25.8. The van der Waals surface area contributed by atoms with Gasteiger partial charge in [0, 0.05) is 27.2 Å². The SMILES string of the molecule is C[C@@]1(c2cc(Cl)cc(Cl)c2)[C@@H](C(=O)Nc2ccc(Cl)c(C(=O)Nc3ccc(F)cc3F)c2)C1(Cl)Cl. The van der Waals surface area contributed by atoms with Crippen molar-refractivity contribution in [1.82, 2.24) is 0 Å². The lowest BCUT2D eigenvalue weighted by atomic mass is 9.95. The molecule has 1 aliphatic carbocycles. The molecule has 0 unspecified atom stereocenters. The van der Waals surface area contributed by atoms with E-state index in [2.05, 4.69) is 10.6 Å². The van der Waals surface area contributed by atoms with E-state index in [-0.39, 0.29) is 22.0 Å². The van der Waals surface area contributed by atoms with Gasteiger partial charge in [-0.15, -0.1) is 0 Å². The number of rotatable bonds is 5. The van der Waals surface area contributed by atoms with Crippen molar-refractivity contribution < 1.29 is 18.4 Å². The number of anilines is 2. The number of carbonyl (C=O) groups excluding carboxylic acids is 2. The quantitative estimate of drug-likeness (QED) is 0.303. The van der Waals surface area contributed by atoms with E-state index in [0.717, 1.165) is 12.1 Å². The van der Waals surface area contributed by atoms with E-state index in [9.17, 15) is 18.4 Å². The molecular weight excluding hydrogens is 564 g/mol. The zero-order valence-electron chi connectivity index (χ0n) is 17.7. The van der Waals surface area contributed by atoms with Crippen LogP contribution < -0.4 is 10.6 Å². The summed E-state index contributed by atoms with van der Waals surface area (Å²) < 4.78 is 25.6. The van der Waals surface area contributed by atoms with Crippen molar-refractivity contribution in [2.45, 2.75) is 16.7 Å². The molecule has 3 aromatic rings. The fraction of sp³-hybridized carbons (Fsp3) is 0.167. The van der Waals surface area contributed by atoms with Gasteiger partial charge < -0.3 is 10.6 Å². The van der Waals surface area contributed by atoms with Crippen LogP contribution in [0.4, 0.5) is 20.2 Å². The Kier molecular flexibility index (Phi) is 6.99. The van der Waals surface area contributed by atoms with Crippen LogP contribution in [0.2, 0.25) is 15.1 Å². The molecule has 2 N–H and O–H groups in total. The van der Waals surface area contributed by atoms with Gasteiger partial charge in [-0.2, -0.15) is 0 Å². The van der Waals surface area contributed by atoms with Crippen LogP contribution in [0, 0.1) is 17.6 Å². The molecule has 35 heavy (non-hydrogen) atoms. The summed E-state index contributed by atoms with van der Waals surface area (Å²) in [6.07, 6.45) is 0. The number of benzene rings is 3. The molecule has 0 radical (unpaired) electrons. The van der Waals surface area contributed by atoms with Gasteiger partial charge >= 0.3 is 0 Å². The zero-order chi connectivity index (χ0) is 25.7. The van der Waals surface area contributed by atoms with Crippen LogP contribution in [0.3, 0.4) is 0 Å². The normalized spacial score (nSPS) is 20.3. The van der Waals surface area contributed by atoms with Crippen LogP contribution in [-0.4, -0.2) is 16.1 Å². The second kappa shape index (κ2) is 9.41. The lowest BCUT2D eigenvalue weighted by molar-refractivity contribution is -0.117. The minimum absolute atomic E-state index is 0.0450. The molecule has 0 aliphatic heterocycles. The van der Waals surface area contributed by atoms with Crippen LogP contribution in [0.1, 0.15) is 22.8 Å². The molecule has 3 aromatic carbocycles. The molecular formula is C24H15Cl5F2N2O2. The van der Waals surface area contributed by atoms with Gasteiger partial charge in [-0.25, -0.2) is 8.78 Å². The molecule has 2 atom stereocenters. The lowest BCUT2D eigenvalue weighted by Crippen LogP contribution is -2.20. The molecule has 1 aliphatic rings. The standard InChI is InChI=1S/C24H15Cl5F2N2O2/c1-23(11-6-12(25)8-13(26)7-11)20(24(23,28)29)22(35)32-15-3-4-17(27)16(10-15)21(34)33-19-5-2-14(30)9-18(19)31/h2-10,20H,1H3,(H,32,35)(H,33,34)/t20-,23-/m1/s1. The van der Waals surface area contributed by atoms with Gasteiger partial charge in [0.25, 0.3) is 5.91 Å². The molecule has 0 heterocycles.